The van der Waals surface area contributed by atoms with Crippen molar-refractivity contribution in [3.63, 3.8) is 0 Å². The normalized spacial score (nSPS) is 19.3. The zero-order valence-corrected chi connectivity index (χ0v) is 17.8. The number of rotatable bonds is 7. The zero-order chi connectivity index (χ0) is 21.6. The van der Waals surface area contributed by atoms with E-state index in [1.807, 2.05) is 13.1 Å². The topological polar surface area (TPSA) is 117 Å². The second-order valence-corrected chi connectivity index (χ2v) is 8.61. The van der Waals surface area contributed by atoms with Crippen LogP contribution in [-0.4, -0.2) is 62.6 Å². The first-order valence-corrected chi connectivity index (χ1v) is 10.5. The Kier molecular flexibility index (Phi) is 8.16. The Morgan fingerprint density at radius 2 is 2.14 bits per heavy atom. The molecule has 0 N–H and O–H groups in total. The molecular formula is C18H22N4O5S2. The molecule has 0 saturated carbocycles. The van der Waals surface area contributed by atoms with E-state index in [2.05, 4.69) is 12.6 Å². The molecule has 1 aromatic carbocycles. The molecule has 3 atom stereocenters. The predicted molar refractivity (Wildman–Crippen MR) is 111 cm³/mol. The van der Waals surface area contributed by atoms with Gasteiger partial charge >= 0.3 is 6.09 Å². The summed E-state index contributed by atoms with van der Waals surface area (Å²) in [6.07, 6.45) is 1.74. The number of likely N-dealkylation sites (tertiary alicyclic amines) is 1. The van der Waals surface area contributed by atoms with E-state index in [0.717, 1.165) is 4.90 Å². The monoisotopic (exact) mass is 438 g/mol. The highest BCUT2D eigenvalue weighted by atomic mass is 32.2. The maximum atomic E-state index is 12.7. The number of hydrogen-bond acceptors (Lipinski definition) is 8. The summed E-state index contributed by atoms with van der Waals surface area (Å²) in [6.45, 7) is 2.19. The van der Waals surface area contributed by atoms with Crippen LogP contribution in [0.1, 0.15) is 18.9 Å². The van der Waals surface area contributed by atoms with E-state index in [9.17, 15) is 19.7 Å². The average Bonchev–Trinajstić information content (AvgIpc) is 3.10. The number of thiol groups is 1. The van der Waals surface area contributed by atoms with Crippen LogP contribution in [-0.2, 0) is 16.1 Å². The van der Waals surface area contributed by atoms with E-state index in [0.29, 0.717) is 24.3 Å². The minimum absolute atomic E-state index is 0.0443. The van der Waals surface area contributed by atoms with Gasteiger partial charge < -0.3 is 9.64 Å². The summed E-state index contributed by atoms with van der Waals surface area (Å²) in [6, 6.07) is 5.30. The highest BCUT2D eigenvalue weighted by molar-refractivity contribution is 8.00. The molecule has 2 rings (SSSR count). The van der Waals surface area contributed by atoms with Gasteiger partial charge in [-0.3, -0.25) is 19.8 Å². The second-order valence-electron chi connectivity index (χ2n) is 6.46. The van der Waals surface area contributed by atoms with E-state index in [1.54, 1.807) is 0 Å². The minimum Gasteiger partial charge on any atom is -0.445 e. The van der Waals surface area contributed by atoms with Gasteiger partial charge in [-0.15, -0.1) is 11.8 Å². The summed E-state index contributed by atoms with van der Waals surface area (Å²) in [5, 5.41) is 19.1. The number of carbonyl (C=O) groups excluding carboxylic acids is 2. The van der Waals surface area contributed by atoms with Gasteiger partial charge in [0.2, 0.25) is 0 Å². The third-order valence-corrected chi connectivity index (χ3v) is 6.07. The second kappa shape index (κ2) is 10.4. The molecule has 1 saturated heterocycles. The number of nitriles is 1. The standard InChI is InChI=1S/C18H22N4O5S2/c1-3-29-16(17(23)20(2)11-19)15-8-14(28)9-21(15)18(24)27-10-12-4-6-13(7-5-12)22(25)26/h4-7,14-16,28H,3,8-10H2,1-2H3. The number of nitro benzene ring substituents is 1. The molecule has 3 unspecified atom stereocenters. The van der Waals surface area contributed by atoms with Gasteiger partial charge in [0.25, 0.3) is 11.6 Å². The lowest BCUT2D eigenvalue weighted by atomic mass is 10.1. The van der Waals surface area contributed by atoms with E-state index in [1.165, 1.54) is 48.0 Å². The Hall–Kier alpha value is -2.45. The van der Waals surface area contributed by atoms with Crippen molar-refractivity contribution in [1.29, 1.82) is 5.26 Å². The number of benzene rings is 1. The fourth-order valence-electron chi connectivity index (χ4n) is 3.05. The van der Waals surface area contributed by atoms with Crippen molar-refractivity contribution in [2.45, 2.75) is 36.5 Å². The SMILES string of the molecule is CCSC(C(=O)N(C)C#N)C1CC(S)CN1C(=O)OCc1ccc([N+](=O)[O-])cc1. The van der Waals surface area contributed by atoms with Crippen molar-refractivity contribution in [2.75, 3.05) is 19.3 Å². The number of carbonyl (C=O) groups is 2. The molecule has 0 aliphatic carbocycles. The molecule has 0 radical (unpaired) electrons. The fourth-order valence-corrected chi connectivity index (χ4v) is 4.58. The number of thioether (sulfide) groups is 1. The summed E-state index contributed by atoms with van der Waals surface area (Å²) < 4.78 is 5.37. The summed E-state index contributed by atoms with van der Waals surface area (Å²) in [4.78, 5) is 38.0. The van der Waals surface area contributed by atoms with Gasteiger partial charge in [-0.2, -0.15) is 17.9 Å². The first-order chi connectivity index (χ1) is 13.8. The summed E-state index contributed by atoms with van der Waals surface area (Å²) in [5.41, 5.74) is 0.569. The van der Waals surface area contributed by atoms with Gasteiger partial charge in [0.1, 0.15) is 11.9 Å². The lowest BCUT2D eigenvalue weighted by molar-refractivity contribution is -0.384. The summed E-state index contributed by atoms with van der Waals surface area (Å²) in [5.74, 6) is 0.287. The Balaban J connectivity index is 2.09. The van der Waals surface area contributed by atoms with Crippen LogP contribution in [0.2, 0.25) is 0 Å². The van der Waals surface area contributed by atoms with Crippen molar-refractivity contribution < 1.29 is 19.2 Å². The average molecular weight is 439 g/mol. The van der Waals surface area contributed by atoms with Crippen LogP contribution in [0.4, 0.5) is 10.5 Å². The molecule has 11 heteroatoms. The van der Waals surface area contributed by atoms with E-state index >= 15 is 0 Å². The van der Waals surface area contributed by atoms with E-state index < -0.39 is 22.3 Å². The Labute approximate surface area is 178 Å². The number of ether oxygens (including phenoxy) is 1. The lowest BCUT2D eigenvalue weighted by Crippen LogP contribution is -2.48. The van der Waals surface area contributed by atoms with Crippen molar-refractivity contribution >= 4 is 42.1 Å². The van der Waals surface area contributed by atoms with Crippen LogP contribution in [0.15, 0.2) is 24.3 Å². The molecular weight excluding hydrogens is 416 g/mol. The molecule has 156 valence electrons. The molecule has 29 heavy (non-hydrogen) atoms. The smallest absolute Gasteiger partial charge is 0.410 e. The Morgan fingerprint density at radius 3 is 2.69 bits per heavy atom. The Bertz CT molecular complexity index is 798. The maximum Gasteiger partial charge on any atom is 0.410 e. The first kappa shape index (κ1) is 22.8. The molecule has 1 fully saturated rings. The van der Waals surface area contributed by atoms with Crippen LogP contribution in [0.5, 0.6) is 0 Å². The highest BCUT2D eigenvalue weighted by Crippen LogP contribution is 2.32. The summed E-state index contributed by atoms with van der Waals surface area (Å²) >= 11 is 5.85. The van der Waals surface area contributed by atoms with Crippen LogP contribution in [0.25, 0.3) is 0 Å². The van der Waals surface area contributed by atoms with Gasteiger partial charge in [0.15, 0.2) is 6.19 Å². The van der Waals surface area contributed by atoms with Crippen molar-refractivity contribution in [3.8, 4) is 6.19 Å². The molecule has 1 aromatic rings. The van der Waals surface area contributed by atoms with Gasteiger partial charge in [-0.1, -0.05) is 6.92 Å². The zero-order valence-electron chi connectivity index (χ0n) is 16.1. The van der Waals surface area contributed by atoms with Gasteiger partial charge in [0.05, 0.1) is 11.0 Å². The highest BCUT2D eigenvalue weighted by Gasteiger charge is 2.43. The number of amides is 2. The van der Waals surface area contributed by atoms with Crippen molar-refractivity contribution in [2.24, 2.45) is 0 Å². The van der Waals surface area contributed by atoms with Gasteiger partial charge in [-0.05, 0) is 29.9 Å². The fraction of sp³-hybridized carbons (Fsp3) is 0.500. The van der Waals surface area contributed by atoms with Crippen LogP contribution in [0.3, 0.4) is 0 Å². The quantitative estimate of drug-likeness (QED) is 0.229. The van der Waals surface area contributed by atoms with Crippen LogP contribution >= 0.6 is 24.4 Å². The maximum absolute atomic E-state index is 12.7. The number of hydrogen-bond donors (Lipinski definition) is 1. The summed E-state index contributed by atoms with van der Waals surface area (Å²) in [7, 11) is 1.40. The lowest BCUT2D eigenvalue weighted by Gasteiger charge is -2.30. The van der Waals surface area contributed by atoms with Crippen LogP contribution < -0.4 is 0 Å². The molecule has 0 bridgehead atoms. The molecule has 0 aromatic heterocycles. The van der Waals surface area contributed by atoms with Gasteiger partial charge in [-0.25, -0.2) is 4.79 Å². The molecule has 0 spiro atoms. The number of nitrogens with zero attached hydrogens (tertiary/aromatic N) is 4. The largest absolute Gasteiger partial charge is 0.445 e. The first-order valence-electron chi connectivity index (χ1n) is 8.92. The minimum atomic E-state index is -0.589. The molecule has 9 nitrogen and oxygen atoms in total. The molecule has 1 aliphatic heterocycles. The number of non-ortho nitro benzene ring substituents is 1. The third kappa shape index (κ3) is 5.77. The third-order valence-electron chi connectivity index (χ3n) is 4.48. The molecule has 1 aliphatic rings. The Morgan fingerprint density at radius 1 is 1.48 bits per heavy atom. The van der Waals surface area contributed by atoms with Gasteiger partial charge in [0, 0.05) is 31.0 Å². The number of nitro groups is 1. The predicted octanol–water partition coefficient (Wildman–Crippen LogP) is 2.67. The van der Waals surface area contributed by atoms with Crippen molar-refractivity contribution in [3.05, 3.63) is 39.9 Å². The van der Waals surface area contributed by atoms with Crippen molar-refractivity contribution in [1.82, 2.24) is 9.80 Å². The van der Waals surface area contributed by atoms with Crippen LogP contribution in [0, 0.1) is 21.6 Å². The van der Waals surface area contributed by atoms with E-state index in [4.69, 9.17) is 10.00 Å². The molecule has 2 amide bonds. The van der Waals surface area contributed by atoms with E-state index in [-0.39, 0.29) is 23.5 Å². The molecule has 1 heterocycles.